The molecule has 0 N–H and O–H groups in total. The van der Waals surface area contributed by atoms with Crippen molar-refractivity contribution in [3.8, 4) is 0 Å². The average Bonchev–Trinajstić information content (AvgIpc) is 2.33. The summed E-state index contributed by atoms with van der Waals surface area (Å²) in [6.45, 7) is 0. The van der Waals surface area contributed by atoms with E-state index in [9.17, 15) is 4.79 Å². The SMILES string of the molecule is O=C1C=C2CCCC2CC1. The predicted molar refractivity (Wildman–Crippen MR) is 39.7 cm³/mol. The molecule has 54 valence electrons. The lowest BCUT2D eigenvalue weighted by molar-refractivity contribution is -0.115. The van der Waals surface area contributed by atoms with Crippen LogP contribution >= 0.6 is 0 Å². The van der Waals surface area contributed by atoms with Gasteiger partial charge in [-0.05, 0) is 37.7 Å². The summed E-state index contributed by atoms with van der Waals surface area (Å²) in [7, 11) is 0. The molecule has 0 amide bonds. The molecule has 2 aliphatic carbocycles. The smallest absolute Gasteiger partial charge is 0.155 e. The van der Waals surface area contributed by atoms with E-state index in [-0.39, 0.29) is 0 Å². The van der Waals surface area contributed by atoms with Gasteiger partial charge in [-0.1, -0.05) is 5.57 Å². The second-order valence-corrected chi connectivity index (χ2v) is 3.31. The zero-order chi connectivity index (χ0) is 6.97. The van der Waals surface area contributed by atoms with Crippen molar-refractivity contribution in [2.24, 2.45) is 5.92 Å². The molecule has 0 spiro atoms. The number of allylic oxidation sites excluding steroid dienone is 2. The number of rotatable bonds is 0. The molecule has 0 aliphatic heterocycles. The van der Waals surface area contributed by atoms with Crippen LogP contribution in [0.2, 0.25) is 0 Å². The summed E-state index contributed by atoms with van der Waals surface area (Å²) in [5, 5.41) is 0. The fourth-order valence-electron chi connectivity index (χ4n) is 2.06. The summed E-state index contributed by atoms with van der Waals surface area (Å²) in [6, 6.07) is 0. The van der Waals surface area contributed by atoms with Gasteiger partial charge in [-0.25, -0.2) is 0 Å². The van der Waals surface area contributed by atoms with Gasteiger partial charge in [-0.2, -0.15) is 0 Å². The van der Waals surface area contributed by atoms with Crippen LogP contribution in [0, 0.1) is 5.92 Å². The second kappa shape index (κ2) is 2.22. The molecule has 1 nitrogen and oxygen atoms in total. The Labute approximate surface area is 61.1 Å². The van der Waals surface area contributed by atoms with Crippen molar-refractivity contribution in [3.63, 3.8) is 0 Å². The van der Waals surface area contributed by atoms with Gasteiger partial charge >= 0.3 is 0 Å². The van der Waals surface area contributed by atoms with Gasteiger partial charge in [0.2, 0.25) is 0 Å². The van der Waals surface area contributed by atoms with E-state index in [4.69, 9.17) is 0 Å². The average molecular weight is 136 g/mol. The Morgan fingerprint density at radius 3 is 3.10 bits per heavy atom. The van der Waals surface area contributed by atoms with Gasteiger partial charge < -0.3 is 0 Å². The first kappa shape index (κ1) is 6.14. The molecule has 0 bridgehead atoms. The molecule has 0 aromatic heterocycles. The quantitative estimate of drug-likeness (QED) is 0.498. The summed E-state index contributed by atoms with van der Waals surface area (Å²) >= 11 is 0. The van der Waals surface area contributed by atoms with E-state index in [0.717, 1.165) is 18.8 Å². The summed E-state index contributed by atoms with van der Waals surface area (Å²) in [5.41, 5.74) is 1.44. The minimum atomic E-state index is 0.355. The van der Waals surface area contributed by atoms with Crippen molar-refractivity contribution in [2.45, 2.75) is 32.1 Å². The van der Waals surface area contributed by atoms with Crippen LogP contribution < -0.4 is 0 Å². The summed E-state index contributed by atoms with van der Waals surface area (Å²) in [5.74, 6) is 1.14. The van der Waals surface area contributed by atoms with E-state index in [1.165, 1.54) is 24.8 Å². The van der Waals surface area contributed by atoms with Crippen molar-refractivity contribution in [1.29, 1.82) is 0 Å². The Morgan fingerprint density at radius 2 is 2.20 bits per heavy atom. The van der Waals surface area contributed by atoms with E-state index < -0.39 is 0 Å². The molecular formula is C9H12O. The number of carbonyl (C=O) groups excluding carboxylic acids is 1. The van der Waals surface area contributed by atoms with Crippen LogP contribution in [0.4, 0.5) is 0 Å². The lowest BCUT2D eigenvalue weighted by atomic mass is 9.90. The lowest BCUT2D eigenvalue weighted by Gasteiger charge is -2.14. The minimum absolute atomic E-state index is 0.355. The molecule has 1 heteroatoms. The highest BCUT2D eigenvalue weighted by Gasteiger charge is 2.25. The second-order valence-electron chi connectivity index (χ2n) is 3.31. The Kier molecular flexibility index (Phi) is 1.37. The van der Waals surface area contributed by atoms with Crippen LogP contribution in [0.15, 0.2) is 11.6 Å². The molecule has 0 radical (unpaired) electrons. The topological polar surface area (TPSA) is 17.1 Å². The first-order chi connectivity index (χ1) is 4.86. The first-order valence-electron chi connectivity index (χ1n) is 4.09. The van der Waals surface area contributed by atoms with E-state index >= 15 is 0 Å². The molecule has 0 aromatic carbocycles. The van der Waals surface area contributed by atoms with Crippen molar-refractivity contribution >= 4 is 5.78 Å². The van der Waals surface area contributed by atoms with Crippen molar-refractivity contribution in [1.82, 2.24) is 0 Å². The number of hydrogen-bond donors (Lipinski definition) is 0. The van der Waals surface area contributed by atoms with Gasteiger partial charge in [0.25, 0.3) is 0 Å². The number of fused-ring (bicyclic) bond motifs is 1. The fraction of sp³-hybridized carbons (Fsp3) is 0.667. The van der Waals surface area contributed by atoms with Crippen molar-refractivity contribution < 1.29 is 4.79 Å². The zero-order valence-electron chi connectivity index (χ0n) is 6.10. The van der Waals surface area contributed by atoms with E-state index in [2.05, 4.69) is 0 Å². The van der Waals surface area contributed by atoms with Crippen LogP contribution in [-0.4, -0.2) is 5.78 Å². The number of hydrogen-bond acceptors (Lipinski definition) is 1. The van der Waals surface area contributed by atoms with Gasteiger partial charge in [-0.15, -0.1) is 0 Å². The third-order valence-corrected chi connectivity index (χ3v) is 2.63. The normalized spacial score (nSPS) is 31.8. The minimum Gasteiger partial charge on any atom is -0.295 e. The fourth-order valence-corrected chi connectivity index (χ4v) is 2.06. The molecule has 1 unspecified atom stereocenters. The maximum atomic E-state index is 10.9. The first-order valence-corrected chi connectivity index (χ1v) is 4.09. The van der Waals surface area contributed by atoms with E-state index in [1.807, 2.05) is 6.08 Å². The highest BCUT2D eigenvalue weighted by molar-refractivity contribution is 5.91. The zero-order valence-corrected chi connectivity index (χ0v) is 6.10. The molecule has 2 aliphatic rings. The van der Waals surface area contributed by atoms with Gasteiger partial charge in [-0.3, -0.25) is 4.79 Å². The highest BCUT2D eigenvalue weighted by atomic mass is 16.1. The van der Waals surface area contributed by atoms with Gasteiger partial charge in [0.05, 0.1) is 0 Å². The molecule has 1 atom stereocenters. The molecular weight excluding hydrogens is 124 g/mol. The Hall–Kier alpha value is -0.590. The maximum Gasteiger partial charge on any atom is 0.155 e. The summed E-state index contributed by atoms with van der Waals surface area (Å²) < 4.78 is 0. The molecule has 0 saturated heterocycles. The number of ketones is 1. The standard InChI is InChI=1S/C9H12O/c10-9-5-4-7-2-1-3-8(7)6-9/h6-7H,1-5H2. The van der Waals surface area contributed by atoms with E-state index in [0.29, 0.717) is 5.78 Å². The van der Waals surface area contributed by atoms with Crippen LogP contribution in [-0.2, 0) is 4.79 Å². The molecule has 10 heavy (non-hydrogen) atoms. The molecule has 2 rings (SSSR count). The van der Waals surface area contributed by atoms with Crippen molar-refractivity contribution in [3.05, 3.63) is 11.6 Å². The Morgan fingerprint density at radius 1 is 1.30 bits per heavy atom. The van der Waals surface area contributed by atoms with Gasteiger partial charge in [0.15, 0.2) is 5.78 Å². The summed E-state index contributed by atoms with van der Waals surface area (Å²) in [6.07, 6.45) is 7.65. The van der Waals surface area contributed by atoms with Crippen LogP contribution in [0.1, 0.15) is 32.1 Å². The third kappa shape index (κ3) is 0.898. The molecule has 0 heterocycles. The van der Waals surface area contributed by atoms with Gasteiger partial charge in [0.1, 0.15) is 0 Å². The largest absolute Gasteiger partial charge is 0.295 e. The van der Waals surface area contributed by atoms with Crippen LogP contribution in [0.25, 0.3) is 0 Å². The highest BCUT2D eigenvalue weighted by Crippen LogP contribution is 2.36. The van der Waals surface area contributed by atoms with Crippen LogP contribution in [0.5, 0.6) is 0 Å². The Bertz CT molecular complexity index is 191. The predicted octanol–water partition coefficient (Wildman–Crippen LogP) is 2.08. The maximum absolute atomic E-state index is 10.9. The van der Waals surface area contributed by atoms with Gasteiger partial charge in [0, 0.05) is 6.42 Å². The monoisotopic (exact) mass is 136 g/mol. The van der Waals surface area contributed by atoms with Crippen molar-refractivity contribution in [2.75, 3.05) is 0 Å². The lowest BCUT2D eigenvalue weighted by Crippen LogP contribution is -2.08. The van der Waals surface area contributed by atoms with Crippen LogP contribution in [0.3, 0.4) is 0 Å². The molecule has 1 saturated carbocycles. The van der Waals surface area contributed by atoms with E-state index in [1.54, 1.807) is 0 Å². The Balaban J connectivity index is 2.23. The number of carbonyl (C=O) groups is 1. The molecule has 0 aromatic rings. The third-order valence-electron chi connectivity index (χ3n) is 2.63. The summed E-state index contributed by atoms with van der Waals surface area (Å²) in [4.78, 5) is 10.9. The molecule has 1 fully saturated rings.